The Labute approximate surface area is 83.5 Å². The van der Waals surface area contributed by atoms with Gasteiger partial charge in [0.05, 0.1) is 10.7 Å². The van der Waals surface area contributed by atoms with Crippen LogP contribution >= 0.6 is 12.2 Å². The second-order valence-electron chi connectivity index (χ2n) is 3.32. The Morgan fingerprint density at radius 3 is 2.62 bits per heavy atom. The molecular formula is C10H12N2S. The fraction of sp³-hybridized carbons (Fsp3) is 0.300. The van der Waals surface area contributed by atoms with Crippen molar-refractivity contribution in [2.45, 2.75) is 6.92 Å². The van der Waals surface area contributed by atoms with E-state index >= 15 is 0 Å². The molecule has 13 heavy (non-hydrogen) atoms. The number of hydrazine groups is 1. The Balaban J connectivity index is 2.17. The zero-order chi connectivity index (χ0) is 9.26. The minimum absolute atomic E-state index is 0.454. The van der Waals surface area contributed by atoms with Crippen molar-refractivity contribution in [2.75, 3.05) is 11.6 Å². The van der Waals surface area contributed by atoms with Crippen LogP contribution < -0.4 is 10.4 Å². The molecule has 0 spiro atoms. The predicted molar refractivity (Wildman–Crippen MR) is 58.7 cm³/mol. The van der Waals surface area contributed by atoms with Crippen molar-refractivity contribution in [3.05, 3.63) is 30.3 Å². The number of benzene rings is 1. The minimum Gasteiger partial charge on any atom is -0.291 e. The molecule has 0 saturated carbocycles. The van der Waals surface area contributed by atoms with Crippen LogP contribution in [-0.4, -0.2) is 11.5 Å². The van der Waals surface area contributed by atoms with Gasteiger partial charge in [0.25, 0.3) is 0 Å². The zero-order valence-electron chi connectivity index (χ0n) is 7.53. The molecule has 0 radical (unpaired) electrons. The van der Waals surface area contributed by atoms with Gasteiger partial charge in [-0.3, -0.25) is 10.4 Å². The molecule has 0 aliphatic carbocycles. The molecule has 1 aromatic carbocycles. The summed E-state index contributed by atoms with van der Waals surface area (Å²) in [6.07, 6.45) is 0. The average Bonchev–Trinajstić information content (AvgIpc) is 2.49. The number of nitrogens with one attached hydrogen (secondary N) is 1. The van der Waals surface area contributed by atoms with Gasteiger partial charge >= 0.3 is 0 Å². The number of hydrogen-bond donors (Lipinski definition) is 1. The maximum absolute atomic E-state index is 5.17. The summed E-state index contributed by atoms with van der Waals surface area (Å²) in [5.41, 5.74) is 4.36. The molecule has 1 heterocycles. The third-order valence-corrected chi connectivity index (χ3v) is 2.71. The molecule has 1 aliphatic rings. The van der Waals surface area contributed by atoms with Crippen LogP contribution in [0.5, 0.6) is 0 Å². The first kappa shape index (κ1) is 8.51. The molecule has 68 valence electrons. The maximum Gasteiger partial charge on any atom is 0.0988 e. The highest BCUT2D eigenvalue weighted by Crippen LogP contribution is 2.17. The van der Waals surface area contributed by atoms with Crippen LogP contribution in [0, 0.1) is 5.92 Å². The molecule has 1 unspecified atom stereocenters. The van der Waals surface area contributed by atoms with Gasteiger partial charge < -0.3 is 0 Å². The maximum atomic E-state index is 5.17. The van der Waals surface area contributed by atoms with Crippen LogP contribution in [0.15, 0.2) is 30.3 Å². The SMILES string of the molecule is CC1CN(c2ccccc2)NC1=S. The summed E-state index contributed by atoms with van der Waals surface area (Å²) in [5, 5.41) is 2.09. The van der Waals surface area contributed by atoms with Crippen LogP contribution in [0.4, 0.5) is 5.69 Å². The van der Waals surface area contributed by atoms with Crippen LogP contribution in [0.25, 0.3) is 0 Å². The summed E-state index contributed by atoms with van der Waals surface area (Å²) < 4.78 is 0. The second kappa shape index (κ2) is 3.34. The molecule has 1 fully saturated rings. The Morgan fingerprint density at radius 2 is 2.08 bits per heavy atom. The Kier molecular flexibility index (Phi) is 2.19. The zero-order valence-corrected chi connectivity index (χ0v) is 8.34. The van der Waals surface area contributed by atoms with Crippen molar-refractivity contribution in [3.63, 3.8) is 0 Å². The molecule has 2 rings (SSSR count). The van der Waals surface area contributed by atoms with Crippen molar-refractivity contribution in [2.24, 2.45) is 5.92 Å². The molecular weight excluding hydrogens is 180 g/mol. The van der Waals surface area contributed by atoms with Gasteiger partial charge in [-0.25, -0.2) is 0 Å². The third-order valence-electron chi connectivity index (χ3n) is 2.22. The molecule has 1 atom stereocenters. The summed E-state index contributed by atoms with van der Waals surface area (Å²) in [6, 6.07) is 10.2. The first-order valence-electron chi connectivity index (χ1n) is 4.40. The van der Waals surface area contributed by atoms with E-state index < -0.39 is 0 Å². The highest BCUT2D eigenvalue weighted by molar-refractivity contribution is 7.80. The van der Waals surface area contributed by atoms with Gasteiger partial charge in [0.1, 0.15) is 0 Å². The normalized spacial score (nSPS) is 21.8. The molecule has 0 amide bonds. The van der Waals surface area contributed by atoms with E-state index in [-0.39, 0.29) is 0 Å². The predicted octanol–water partition coefficient (Wildman–Crippen LogP) is 1.97. The number of rotatable bonds is 1. The van der Waals surface area contributed by atoms with Gasteiger partial charge in [-0.05, 0) is 12.1 Å². The first-order chi connectivity index (χ1) is 6.27. The van der Waals surface area contributed by atoms with Crippen LogP contribution in [0.3, 0.4) is 0 Å². The van der Waals surface area contributed by atoms with E-state index in [9.17, 15) is 0 Å². The summed E-state index contributed by atoms with van der Waals surface area (Å²) in [5.74, 6) is 0.454. The highest BCUT2D eigenvalue weighted by Gasteiger charge is 2.22. The molecule has 2 nitrogen and oxygen atoms in total. The lowest BCUT2D eigenvalue weighted by Gasteiger charge is -2.17. The number of thiocarbonyl (C=S) groups is 1. The number of hydrogen-bond acceptors (Lipinski definition) is 2. The van der Waals surface area contributed by atoms with Gasteiger partial charge in [0, 0.05) is 12.5 Å². The van der Waals surface area contributed by atoms with E-state index in [1.54, 1.807) is 0 Å². The number of anilines is 1. The smallest absolute Gasteiger partial charge is 0.0988 e. The van der Waals surface area contributed by atoms with E-state index in [1.165, 1.54) is 5.69 Å². The van der Waals surface area contributed by atoms with Crippen LogP contribution in [-0.2, 0) is 0 Å². The molecule has 0 bridgehead atoms. The monoisotopic (exact) mass is 192 g/mol. The standard InChI is InChI=1S/C10H12N2S/c1-8-7-12(11-10(8)13)9-5-3-2-4-6-9/h2-6,8H,7H2,1H3,(H,11,13). The number of nitrogens with zero attached hydrogens (tertiary/aromatic N) is 1. The molecule has 1 aliphatic heterocycles. The van der Waals surface area contributed by atoms with Crippen LogP contribution in [0.1, 0.15) is 6.92 Å². The Morgan fingerprint density at radius 1 is 1.38 bits per heavy atom. The average molecular weight is 192 g/mol. The molecule has 1 saturated heterocycles. The first-order valence-corrected chi connectivity index (χ1v) is 4.81. The van der Waals surface area contributed by atoms with Crippen molar-refractivity contribution in [3.8, 4) is 0 Å². The fourth-order valence-electron chi connectivity index (χ4n) is 1.42. The third kappa shape index (κ3) is 1.65. The summed E-state index contributed by atoms with van der Waals surface area (Å²) in [7, 11) is 0. The lowest BCUT2D eigenvalue weighted by atomic mass is 10.2. The molecule has 0 aromatic heterocycles. The van der Waals surface area contributed by atoms with Crippen molar-refractivity contribution < 1.29 is 0 Å². The Bertz CT molecular complexity index is 310. The minimum atomic E-state index is 0.454. The van der Waals surface area contributed by atoms with E-state index in [0.29, 0.717) is 5.92 Å². The van der Waals surface area contributed by atoms with Crippen molar-refractivity contribution >= 4 is 22.9 Å². The van der Waals surface area contributed by atoms with E-state index in [4.69, 9.17) is 12.2 Å². The summed E-state index contributed by atoms with van der Waals surface area (Å²) in [6.45, 7) is 3.10. The molecule has 3 heteroatoms. The highest BCUT2D eigenvalue weighted by atomic mass is 32.1. The lowest BCUT2D eigenvalue weighted by molar-refractivity contribution is 0.774. The van der Waals surface area contributed by atoms with Gasteiger partial charge in [-0.1, -0.05) is 37.3 Å². The lowest BCUT2D eigenvalue weighted by Crippen LogP contribution is -2.32. The molecule has 1 N–H and O–H groups in total. The van der Waals surface area contributed by atoms with Gasteiger partial charge in [0.2, 0.25) is 0 Å². The quantitative estimate of drug-likeness (QED) is 0.685. The van der Waals surface area contributed by atoms with Crippen molar-refractivity contribution in [1.29, 1.82) is 0 Å². The van der Waals surface area contributed by atoms with E-state index in [0.717, 1.165) is 11.5 Å². The van der Waals surface area contributed by atoms with Gasteiger partial charge in [-0.2, -0.15) is 0 Å². The van der Waals surface area contributed by atoms with Crippen molar-refractivity contribution in [1.82, 2.24) is 5.43 Å². The second-order valence-corrected chi connectivity index (χ2v) is 3.76. The summed E-state index contributed by atoms with van der Waals surface area (Å²) >= 11 is 5.17. The topological polar surface area (TPSA) is 15.3 Å². The van der Waals surface area contributed by atoms with Gasteiger partial charge in [0.15, 0.2) is 0 Å². The molecule has 1 aromatic rings. The Hall–Kier alpha value is -1.09. The summed E-state index contributed by atoms with van der Waals surface area (Å²) in [4.78, 5) is 0.934. The largest absolute Gasteiger partial charge is 0.291 e. The fourth-order valence-corrected chi connectivity index (χ4v) is 1.61. The van der Waals surface area contributed by atoms with E-state index in [1.807, 2.05) is 18.2 Å². The van der Waals surface area contributed by atoms with Crippen LogP contribution in [0.2, 0.25) is 0 Å². The van der Waals surface area contributed by atoms with E-state index in [2.05, 4.69) is 29.5 Å². The number of para-hydroxylation sites is 1. The van der Waals surface area contributed by atoms with Gasteiger partial charge in [-0.15, -0.1) is 0 Å².